The Hall–Kier alpha value is -0.0800. The molecular weight excluding hydrogens is 150 g/mol. The SMILES string of the molecule is NCCC(O)C1CC12CCCC2. The number of nitrogens with two attached hydrogens (primary N) is 1. The van der Waals surface area contributed by atoms with Crippen LogP contribution in [0.5, 0.6) is 0 Å². The van der Waals surface area contributed by atoms with Gasteiger partial charge in [0.05, 0.1) is 6.10 Å². The van der Waals surface area contributed by atoms with Gasteiger partial charge < -0.3 is 10.8 Å². The van der Waals surface area contributed by atoms with Crippen molar-refractivity contribution in [3.8, 4) is 0 Å². The molecule has 2 rings (SSSR count). The van der Waals surface area contributed by atoms with E-state index in [2.05, 4.69) is 0 Å². The molecule has 2 saturated carbocycles. The van der Waals surface area contributed by atoms with Gasteiger partial charge in [0.2, 0.25) is 0 Å². The predicted molar refractivity (Wildman–Crippen MR) is 48.7 cm³/mol. The molecule has 70 valence electrons. The van der Waals surface area contributed by atoms with Crippen LogP contribution in [0, 0.1) is 11.3 Å². The van der Waals surface area contributed by atoms with Crippen LogP contribution in [0.2, 0.25) is 0 Å². The Labute approximate surface area is 74.1 Å². The van der Waals surface area contributed by atoms with Crippen LogP contribution in [0.1, 0.15) is 38.5 Å². The van der Waals surface area contributed by atoms with Gasteiger partial charge in [-0.05, 0) is 43.6 Å². The normalized spacial score (nSPS) is 34.0. The molecule has 0 radical (unpaired) electrons. The fourth-order valence-electron chi connectivity index (χ4n) is 2.95. The lowest BCUT2D eigenvalue weighted by molar-refractivity contribution is 0.125. The van der Waals surface area contributed by atoms with E-state index in [-0.39, 0.29) is 6.10 Å². The first kappa shape index (κ1) is 8.52. The maximum atomic E-state index is 9.73. The highest BCUT2D eigenvalue weighted by Crippen LogP contribution is 2.64. The molecule has 2 unspecified atom stereocenters. The fourth-order valence-corrected chi connectivity index (χ4v) is 2.95. The van der Waals surface area contributed by atoms with Gasteiger partial charge in [-0.1, -0.05) is 12.8 Å². The number of rotatable bonds is 3. The summed E-state index contributed by atoms with van der Waals surface area (Å²) >= 11 is 0. The van der Waals surface area contributed by atoms with E-state index in [0.717, 1.165) is 6.42 Å². The zero-order chi connectivity index (χ0) is 8.60. The average molecular weight is 169 g/mol. The van der Waals surface area contributed by atoms with Crippen LogP contribution in [-0.4, -0.2) is 17.8 Å². The molecule has 2 fully saturated rings. The molecule has 3 N–H and O–H groups in total. The van der Waals surface area contributed by atoms with Crippen LogP contribution in [-0.2, 0) is 0 Å². The Balaban J connectivity index is 1.85. The van der Waals surface area contributed by atoms with Gasteiger partial charge in [-0.15, -0.1) is 0 Å². The van der Waals surface area contributed by atoms with Gasteiger partial charge >= 0.3 is 0 Å². The Kier molecular flexibility index (Phi) is 2.13. The molecule has 0 aromatic carbocycles. The van der Waals surface area contributed by atoms with Crippen molar-refractivity contribution in [3.05, 3.63) is 0 Å². The van der Waals surface area contributed by atoms with Crippen molar-refractivity contribution in [3.63, 3.8) is 0 Å². The molecule has 2 atom stereocenters. The van der Waals surface area contributed by atoms with Gasteiger partial charge in [-0.3, -0.25) is 0 Å². The molecule has 2 nitrogen and oxygen atoms in total. The highest BCUT2D eigenvalue weighted by atomic mass is 16.3. The lowest BCUT2D eigenvalue weighted by Gasteiger charge is -2.13. The van der Waals surface area contributed by atoms with Crippen molar-refractivity contribution in [1.29, 1.82) is 0 Å². The van der Waals surface area contributed by atoms with Crippen LogP contribution in [0.3, 0.4) is 0 Å². The monoisotopic (exact) mass is 169 g/mol. The van der Waals surface area contributed by atoms with Crippen LogP contribution in [0.4, 0.5) is 0 Å². The first-order valence-corrected chi connectivity index (χ1v) is 5.17. The molecule has 0 bridgehead atoms. The molecule has 0 aromatic heterocycles. The second kappa shape index (κ2) is 3.00. The van der Waals surface area contributed by atoms with Crippen molar-refractivity contribution in [1.82, 2.24) is 0 Å². The third kappa shape index (κ3) is 1.27. The predicted octanol–water partition coefficient (Wildman–Crippen LogP) is 1.28. The Morgan fingerprint density at radius 3 is 2.67 bits per heavy atom. The number of aliphatic hydroxyl groups excluding tert-OH is 1. The van der Waals surface area contributed by atoms with Gasteiger partial charge in [0.25, 0.3) is 0 Å². The minimum Gasteiger partial charge on any atom is -0.393 e. The molecule has 1 spiro atoms. The molecule has 0 amide bonds. The summed E-state index contributed by atoms with van der Waals surface area (Å²) in [7, 11) is 0. The standard InChI is InChI=1S/C10H19NO/c11-6-3-9(12)8-7-10(8)4-1-2-5-10/h8-9,12H,1-7,11H2. The van der Waals surface area contributed by atoms with Crippen molar-refractivity contribution < 1.29 is 5.11 Å². The van der Waals surface area contributed by atoms with Crippen molar-refractivity contribution in [2.45, 2.75) is 44.6 Å². The number of hydrogen-bond donors (Lipinski definition) is 2. The summed E-state index contributed by atoms with van der Waals surface area (Å²) in [5, 5.41) is 9.73. The van der Waals surface area contributed by atoms with Crippen LogP contribution >= 0.6 is 0 Å². The molecule has 2 aliphatic carbocycles. The van der Waals surface area contributed by atoms with Gasteiger partial charge in [0, 0.05) is 0 Å². The van der Waals surface area contributed by atoms with Gasteiger partial charge in [0.15, 0.2) is 0 Å². The Morgan fingerprint density at radius 1 is 1.42 bits per heavy atom. The lowest BCUT2D eigenvalue weighted by atomic mass is 9.98. The van der Waals surface area contributed by atoms with Crippen molar-refractivity contribution in [2.24, 2.45) is 17.1 Å². The van der Waals surface area contributed by atoms with Crippen molar-refractivity contribution >= 4 is 0 Å². The number of aliphatic hydroxyl groups is 1. The van der Waals surface area contributed by atoms with Crippen LogP contribution in [0.25, 0.3) is 0 Å². The molecule has 0 heterocycles. The highest BCUT2D eigenvalue weighted by Gasteiger charge is 2.57. The van der Waals surface area contributed by atoms with E-state index in [0.29, 0.717) is 17.9 Å². The molecule has 0 aliphatic heterocycles. The summed E-state index contributed by atoms with van der Waals surface area (Å²) in [6.07, 6.45) is 7.45. The van der Waals surface area contributed by atoms with E-state index in [9.17, 15) is 5.11 Å². The summed E-state index contributed by atoms with van der Waals surface area (Å²) < 4.78 is 0. The summed E-state index contributed by atoms with van der Waals surface area (Å²) in [5.74, 6) is 0.601. The smallest absolute Gasteiger partial charge is 0.0585 e. The van der Waals surface area contributed by atoms with E-state index in [1.54, 1.807) is 0 Å². The second-order valence-electron chi connectivity index (χ2n) is 4.52. The summed E-state index contributed by atoms with van der Waals surface area (Å²) in [4.78, 5) is 0. The zero-order valence-electron chi connectivity index (χ0n) is 7.63. The fraction of sp³-hybridized carbons (Fsp3) is 1.00. The first-order chi connectivity index (χ1) is 5.78. The largest absolute Gasteiger partial charge is 0.393 e. The second-order valence-corrected chi connectivity index (χ2v) is 4.52. The highest BCUT2D eigenvalue weighted by molar-refractivity contribution is 5.07. The van der Waals surface area contributed by atoms with E-state index < -0.39 is 0 Å². The average Bonchev–Trinajstić information content (AvgIpc) is 2.51. The van der Waals surface area contributed by atoms with Gasteiger partial charge in [-0.2, -0.15) is 0 Å². The van der Waals surface area contributed by atoms with Crippen molar-refractivity contribution in [2.75, 3.05) is 6.54 Å². The quantitative estimate of drug-likeness (QED) is 0.668. The maximum absolute atomic E-state index is 9.73. The summed E-state index contributed by atoms with van der Waals surface area (Å²) in [6, 6.07) is 0. The maximum Gasteiger partial charge on any atom is 0.0585 e. The van der Waals surface area contributed by atoms with Crippen LogP contribution < -0.4 is 5.73 Å². The lowest BCUT2D eigenvalue weighted by Crippen LogP contribution is -2.18. The van der Waals surface area contributed by atoms with Gasteiger partial charge in [0.1, 0.15) is 0 Å². The minimum absolute atomic E-state index is 0.104. The molecule has 2 aliphatic rings. The third-order valence-electron chi connectivity index (χ3n) is 3.78. The number of hydrogen-bond acceptors (Lipinski definition) is 2. The zero-order valence-corrected chi connectivity index (χ0v) is 7.63. The van der Waals surface area contributed by atoms with E-state index >= 15 is 0 Å². The minimum atomic E-state index is -0.104. The molecule has 12 heavy (non-hydrogen) atoms. The Bertz CT molecular complexity index is 163. The summed E-state index contributed by atoms with van der Waals surface area (Å²) in [5.41, 5.74) is 6.00. The van der Waals surface area contributed by atoms with E-state index in [4.69, 9.17) is 5.73 Å². The van der Waals surface area contributed by atoms with Gasteiger partial charge in [-0.25, -0.2) is 0 Å². The topological polar surface area (TPSA) is 46.2 Å². The Morgan fingerprint density at radius 2 is 2.08 bits per heavy atom. The molecular formula is C10H19NO. The molecule has 0 aromatic rings. The molecule has 2 heteroatoms. The third-order valence-corrected chi connectivity index (χ3v) is 3.78. The van der Waals surface area contributed by atoms with E-state index in [1.165, 1.54) is 32.1 Å². The summed E-state index contributed by atoms with van der Waals surface area (Å²) in [6.45, 7) is 0.633. The van der Waals surface area contributed by atoms with E-state index in [1.807, 2.05) is 0 Å². The van der Waals surface area contributed by atoms with Crippen LogP contribution in [0.15, 0.2) is 0 Å². The first-order valence-electron chi connectivity index (χ1n) is 5.17. The molecule has 0 saturated heterocycles.